The average molecular weight is 429 g/mol. The van der Waals surface area contributed by atoms with Crippen LogP contribution in [0.5, 0.6) is 11.5 Å². The first-order chi connectivity index (χ1) is 15.6. The van der Waals surface area contributed by atoms with Gasteiger partial charge in [0.2, 0.25) is 5.78 Å². The van der Waals surface area contributed by atoms with Gasteiger partial charge in [-0.05, 0) is 74.5 Å². The van der Waals surface area contributed by atoms with Gasteiger partial charge in [-0.15, -0.1) is 0 Å². The zero-order valence-electron chi connectivity index (χ0n) is 17.9. The summed E-state index contributed by atoms with van der Waals surface area (Å²) < 4.78 is 16.7. The number of amides is 1. The number of carbonyl (C=O) groups excluding carboxylic acids is 2. The highest BCUT2D eigenvalue weighted by Crippen LogP contribution is 2.33. The molecule has 1 aromatic heterocycles. The Morgan fingerprint density at radius 3 is 1.94 bits per heavy atom. The second kappa shape index (κ2) is 9.39. The molecule has 1 heterocycles. The van der Waals surface area contributed by atoms with Crippen LogP contribution in [0.4, 0.5) is 5.69 Å². The van der Waals surface area contributed by atoms with Crippen LogP contribution in [0.15, 0.2) is 77.2 Å². The predicted molar refractivity (Wildman–Crippen MR) is 123 cm³/mol. The number of rotatable bonds is 8. The standard InChI is InChI=1S/C26H23NO5/c1-3-30-19-13-9-17(10-14-19)24(28)25-23(21-7-5-6-8-22(21)32-25)27-26(29)18-11-15-20(16-12-18)31-4-2/h5-16H,3-4H2,1-2H3,(H,27,29). The number of nitrogens with one attached hydrogen (secondary N) is 1. The number of anilines is 1. The zero-order valence-corrected chi connectivity index (χ0v) is 17.9. The van der Waals surface area contributed by atoms with E-state index >= 15 is 0 Å². The van der Waals surface area contributed by atoms with Gasteiger partial charge < -0.3 is 19.2 Å². The minimum absolute atomic E-state index is 0.0784. The van der Waals surface area contributed by atoms with Gasteiger partial charge >= 0.3 is 0 Å². The van der Waals surface area contributed by atoms with Crippen LogP contribution < -0.4 is 14.8 Å². The number of fused-ring (bicyclic) bond motifs is 1. The van der Waals surface area contributed by atoms with Crippen molar-refractivity contribution >= 4 is 28.3 Å². The molecule has 1 amide bonds. The number of carbonyl (C=O) groups is 2. The van der Waals surface area contributed by atoms with E-state index in [1.807, 2.05) is 32.0 Å². The Kier molecular flexibility index (Phi) is 6.22. The lowest BCUT2D eigenvalue weighted by Crippen LogP contribution is -2.14. The quantitative estimate of drug-likeness (QED) is 0.363. The Bertz CT molecular complexity index is 1240. The van der Waals surface area contributed by atoms with Crippen LogP contribution in [-0.2, 0) is 0 Å². The summed E-state index contributed by atoms with van der Waals surface area (Å²) in [6.07, 6.45) is 0. The summed E-state index contributed by atoms with van der Waals surface area (Å²) in [5, 5.41) is 3.52. The van der Waals surface area contributed by atoms with E-state index in [1.165, 1.54) is 0 Å². The van der Waals surface area contributed by atoms with Crippen molar-refractivity contribution in [3.8, 4) is 11.5 Å². The lowest BCUT2D eigenvalue weighted by Gasteiger charge is -2.08. The van der Waals surface area contributed by atoms with Gasteiger partial charge in [0.15, 0.2) is 5.76 Å². The average Bonchev–Trinajstić information content (AvgIpc) is 3.18. The molecule has 32 heavy (non-hydrogen) atoms. The minimum Gasteiger partial charge on any atom is -0.494 e. The molecule has 0 saturated heterocycles. The molecule has 0 bridgehead atoms. The van der Waals surface area contributed by atoms with Crippen LogP contribution >= 0.6 is 0 Å². The van der Waals surface area contributed by atoms with Crippen LogP contribution in [0.2, 0.25) is 0 Å². The second-order valence-corrected chi connectivity index (χ2v) is 7.00. The molecule has 1 N–H and O–H groups in total. The summed E-state index contributed by atoms with van der Waals surface area (Å²) in [6, 6.07) is 20.9. The van der Waals surface area contributed by atoms with Gasteiger partial charge in [0.1, 0.15) is 17.1 Å². The number of benzene rings is 3. The van der Waals surface area contributed by atoms with E-state index in [-0.39, 0.29) is 17.5 Å². The SMILES string of the molecule is CCOc1ccc(C(=O)Nc2c(C(=O)c3ccc(OCC)cc3)oc3ccccc23)cc1. The first-order valence-electron chi connectivity index (χ1n) is 10.4. The summed E-state index contributed by atoms with van der Waals surface area (Å²) in [5.41, 5.74) is 1.74. The Balaban J connectivity index is 1.67. The summed E-state index contributed by atoms with van der Waals surface area (Å²) in [7, 11) is 0. The maximum absolute atomic E-state index is 13.2. The third-order valence-electron chi connectivity index (χ3n) is 4.90. The molecular weight excluding hydrogens is 406 g/mol. The Morgan fingerprint density at radius 1 is 0.781 bits per heavy atom. The molecule has 0 radical (unpaired) electrons. The van der Waals surface area contributed by atoms with Crippen LogP contribution in [0.1, 0.15) is 40.3 Å². The zero-order chi connectivity index (χ0) is 22.5. The summed E-state index contributed by atoms with van der Waals surface area (Å²) in [6.45, 7) is 4.88. The topological polar surface area (TPSA) is 77.8 Å². The molecule has 3 aromatic carbocycles. The third kappa shape index (κ3) is 4.34. The van der Waals surface area contributed by atoms with Gasteiger partial charge in [-0.1, -0.05) is 12.1 Å². The summed E-state index contributed by atoms with van der Waals surface area (Å²) in [5.74, 6) is 0.767. The highest BCUT2D eigenvalue weighted by Gasteiger charge is 2.24. The highest BCUT2D eigenvalue weighted by molar-refractivity contribution is 6.18. The van der Waals surface area contributed by atoms with Gasteiger partial charge in [-0.3, -0.25) is 9.59 Å². The Labute approximate surface area is 185 Å². The van der Waals surface area contributed by atoms with E-state index in [9.17, 15) is 9.59 Å². The van der Waals surface area contributed by atoms with Gasteiger partial charge in [0, 0.05) is 16.5 Å². The van der Waals surface area contributed by atoms with Crippen molar-refractivity contribution in [3.05, 3.63) is 89.7 Å². The minimum atomic E-state index is -0.347. The third-order valence-corrected chi connectivity index (χ3v) is 4.90. The smallest absolute Gasteiger partial charge is 0.255 e. The monoisotopic (exact) mass is 429 g/mol. The van der Waals surface area contributed by atoms with Crippen LogP contribution in [0.3, 0.4) is 0 Å². The van der Waals surface area contributed by atoms with Crippen molar-refractivity contribution in [2.24, 2.45) is 0 Å². The van der Waals surface area contributed by atoms with Crippen molar-refractivity contribution in [1.29, 1.82) is 0 Å². The van der Waals surface area contributed by atoms with Crippen molar-refractivity contribution in [2.75, 3.05) is 18.5 Å². The molecule has 6 nitrogen and oxygen atoms in total. The van der Waals surface area contributed by atoms with Crippen molar-refractivity contribution in [1.82, 2.24) is 0 Å². The maximum atomic E-state index is 13.2. The van der Waals surface area contributed by atoms with Crippen LogP contribution in [0.25, 0.3) is 11.0 Å². The second-order valence-electron chi connectivity index (χ2n) is 7.00. The molecule has 4 rings (SSSR count). The molecule has 162 valence electrons. The number of ether oxygens (including phenoxy) is 2. The highest BCUT2D eigenvalue weighted by atomic mass is 16.5. The molecule has 4 aromatic rings. The lowest BCUT2D eigenvalue weighted by atomic mass is 10.1. The fraction of sp³-hybridized carbons (Fsp3) is 0.154. The molecule has 0 spiro atoms. The van der Waals surface area contributed by atoms with Crippen molar-refractivity contribution < 1.29 is 23.5 Å². The van der Waals surface area contributed by atoms with E-state index in [2.05, 4.69) is 5.32 Å². The number of para-hydroxylation sites is 1. The molecule has 0 atom stereocenters. The van der Waals surface area contributed by atoms with Gasteiger partial charge in [0.25, 0.3) is 5.91 Å². The van der Waals surface area contributed by atoms with E-state index in [1.54, 1.807) is 54.6 Å². The first-order valence-corrected chi connectivity index (χ1v) is 10.4. The molecule has 0 aliphatic carbocycles. The molecule has 6 heteroatoms. The van der Waals surface area contributed by atoms with E-state index in [0.29, 0.717) is 52.5 Å². The summed E-state index contributed by atoms with van der Waals surface area (Å²) in [4.78, 5) is 26.2. The Hall–Kier alpha value is -4.06. The molecule has 0 fully saturated rings. The van der Waals surface area contributed by atoms with E-state index < -0.39 is 0 Å². The molecule has 0 aliphatic rings. The fourth-order valence-electron chi connectivity index (χ4n) is 3.38. The molecule has 0 unspecified atom stereocenters. The van der Waals surface area contributed by atoms with Gasteiger partial charge in [-0.2, -0.15) is 0 Å². The van der Waals surface area contributed by atoms with E-state index in [4.69, 9.17) is 13.9 Å². The Morgan fingerprint density at radius 2 is 1.34 bits per heavy atom. The van der Waals surface area contributed by atoms with E-state index in [0.717, 1.165) is 0 Å². The summed E-state index contributed by atoms with van der Waals surface area (Å²) >= 11 is 0. The molecule has 0 saturated carbocycles. The number of ketones is 1. The van der Waals surface area contributed by atoms with Crippen molar-refractivity contribution in [3.63, 3.8) is 0 Å². The molecular formula is C26H23NO5. The predicted octanol–water partition coefficient (Wildman–Crippen LogP) is 5.71. The maximum Gasteiger partial charge on any atom is 0.255 e. The van der Waals surface area contributed by atoms with Gasteiger partial charge in [-0.25, -0.2) is 0 Å². The van der Waals surface area contributed by atoms with Crippen LogP contribution in [-0.4, -0.2) is 24.9 Å². The molecule has 0 aliphatic heterocycles. The number of furan rings is 1. The normalized spacial score (nSPS) is 10.7. The van der Waals surface area contributed by atoms with Crippen molar-refractivity contribution in [2.45, 2.75) is 13.8 Å². The van der Waals surface area contributed by atoms with Crippen LogP contribution in [0, 0.1) is 0 Å². The number of hydrogen-bond acceptors (Lipinski definition) is 5. The first kappa shape index (κ1) is 21.2. The number of hydrogen-bond donors (Lipinski definition) is 1. The fourth-order valence-corrected chi connectivity index (χ4v) is 3.38. The van der Waals surface area contributed by atoms with Gasteiger partial charge in [0.05, 0.1) is 18.9 Å². The lowest BCUT2D eigenvalue weighted by molar-refractivity contribution is 0.101. The largest absolute Gasteiger partial charge is 0.494 e.